The van der Waals surface area contributed by atoms with E-state index in [1.165, 1.54) is 5.56 Å². The van der Waals surface area contributed by atoms with E-state index in [0.29, 0.717) is 19.0 Å². The molecule has 2 heterocycles. The topological polar surface area (TPSA) is 94.9 Å². The first-order chi connectivity index (χ1) is 16.9. The van der Waals surface area contributed by atoms with Gasteiger partial charge in [-0.05, 0) is 66.9 Å². The molecule has 0 radical (unpaired) electrons. The number of nitrogens with zero attached hydrogens (tertiary/aromatic N) is 4. The number of unbranched alkanes of at least 4 members (excludes halogenated alkanes) is 1. The third-order valence-electron chi connectivity index (χ3n) is 5.82. The Bertz CT molecular complexity index is 1250. The number of aromatic amines is 1. The minimum atomic E-state index is -0.440. The van der Waals surface area contributed by atoms with Crippen molar-refractivity contribution in [3.05, 3.63) is 54.2 Å². The predicted molar refractivity (Wildman–Crippen MR) is 136 cm³/mol. The van der Waals surface area contributed by atoms with E-state index in [2.05, 4.69) is 27.5 Å². The van der Waals surface area contributed by atoms with Crippen molar-refractivity contribution in [2.75, 3.05) is 13.2 Å². The summed E-state index contributed by atoms with van der Waals surface area (Å²) in [5, 5.41) is 15.1. The van der Waals surface area contributed by atoms with Gasteiger partial charge in [-0.1, -0.05) is 34.1 Å². The smallest absolute Gasteiger partial charge is 0.236 e. The maximum absolute atomic E-state index is 12.9. The highest BCUT2D eigenvalue weighted by molar-refractivity contribution is 5.96. The minimum Gasteiger partial charge on any atom is -0.494 e. The molecule has 2 aromatic carbocycles. The van der Waals surface area contributed by atoms with Gasteiger partial charge in [0.2, 0.25) is 11.7 Å². The van der Waals surface area contributed by atoms with Crippen LogP contribution in [0.3, 0.4) is 0 Å². The van der Waals surface area contributed by atoms with Crippen LogP contribution < -0.4 is 9.47 Å². The van der Waals surface area contributed by atoms with Gasteiger partial charge in [0, 0.05) is 28.1 Å². The van der Waals surface area contributed by atoms with Gasteiger partial charge in [-0.3, -0.25) is 9.36 Å². The van der Waals surface area contributed by atoms with Crippen molar-refractivity contribution in [1.29, 1.82) is 0 Å². The first kappa shape index (κ1) is 24.4. The second-order valence-electron chi connectivity index (χ2n) is 9.63. The number of H-pyrrole nitrogens is 1. The van der Waals surface area contributed by atoms with Crippen LogP contribution in [0.1, 0.15) is 57.3 Å². The summed E-state index contributed by atoms with van der Waals surface area (Å²) in [6.07, 6.45) is 5.56. The average Bonchev–Trinajstić information content (AvgIpc) is 3.52. The van der Waals surface area contributed by atoms with Crippen LogP contribution in [-0.2, 0) is 6.42 Å². The van der Waals surface area contributed by atoms with Crippen LogP contribution in [-0.4, -0.2) is 44.3 Å². The van der Waals surface area contributed by atoms with Gasteiger partial charge >= 0.3 is 0 Å². The lowest BCUT2D eigenvalue weighted by atomic mass is 9.95. The van der Waals surface area contributed by atoms with E-state index in [-0.39, 0.29) is 5.91 Å². The van der Waals surface area contributed by atoms with Gasteiger partial charge in [0.25, 0.3) is 0 Å². The standard InChI is InChI=1S/C27H33N5O3/c1-5-8-22-21-15-16-32(26(33)27(2,3)4)23(21)13-14-24(22)35-18-7-6-17-34-20-11-9-19(10-12-20)25-28-30-31-29-25/h9-16H,5-8,17-18H2,1-4H3,(H,28,29,30,31). The Morgan fingerprint density at radius 1 is 1.00 bits per heavy atom. The number of carbonyl (C=O) groups is 1. The Morgan fingerprint density at radius 3 is 2.40 bits per heavy atom. The zero-order valence-corrected chi connectivity index (χ0v) is 20.9. The van der Waals surface area contributed by atoms with E-state index in [1.54, 1.807) is 4.57 Å². The summed E-state index contributed by atoms with van der Waals surface area (Å²) in [6, 6.07) is 13.7. The summed E-state index contributed by atoms with van der Waals surface area (Å²) in [7, 11) is 0. The monoisotopic (exact) mass is 475 g/mol. The Balaban J connectivity index is 1.31. The summed E-state index contributed by atoms with van der Waals surface area (Å²) in [6.45, 7) is 9.22. The van der Waals surface area contributed by atoms with Crippen molar-refractivity contribution in [3.63, 3.8) is 0 Å². The minimum absolute atomic E-state index is 0.0908. The number of ether oxygens (including phenoxy) is 2. The Labute approximate surface area is 205 Å². The second-order valence-corrected chi connectivity index (χ2v) is 9.63. The van der Waals surface area contributed by atoms with Crippen LogP contribution in [0, 0.1) is 5.41 Å². The van der Waals surface area contributed by atoms with E-state index in [0.717, 1.165) is 53.6 Å². The molecule has 0 fully saturated rings. The van der Waals surface area contributed by atoms with Crippen LogP contribution in [0.4, 0.5) is 0 Å². The number of benzene rings is 2. The summed E-state index contributed by atoms with van der Waals surface area (Å²) >= 11 is 0. The molecule has 4 rings (SSSR count). The molecular weight excluding hydrogens is 442 g/mol. The summed E-state index contributed by atoms with van der Waals surface area (Å²) < 4.78 is 13.8. The number of hydrogen-bond donors (Lipinski definition) is 1. The Morgan fingerprint density at radius 2 is 1.74 bits per heavy atom. The third kappa shape index (κ3) is 5.70. The zero-order valence-electron chi connectivity index (χ0n) is 20.9. The van der Waals surface area contributed by atoms with E-state index in [9.17, 15) is 4.79 Å². The van der Waals surface area contributed by atoms with E-state index in [4.69, 9.17) is 9.47 Å². The molecule has 0 unspecified atom stereocenters. The molecule has 0 saturated carbocycles. The fourth-order valence-corrected chi connectivity index (χ4v) is 4.00. The van der Waals surface area contributed by atoms with Crippen molar-refractivity contribution in [1.82, 2.24) is 25.2 Å². The zero-order chi connectivity index (χ0) is 24.8. The van der Waals surface area contributed by atoms with Gasteiger partial charge in [0.15, 0.2) is 0 Å². The molecule has 0 aliphatic heterocycles. The highest BCUT2D eigenvalue weighted by Gasteiger charge is 2.25. The van der Waals surface area contributed by atoms with Gasteiger partial charge in [-0.15, -0.1) is 10.2 Å². The molecule has 0 bridgehead atoms. The van der Waals surface area contributed by atoms with Crippen molar-refractivity contribution < 1.29 is 14.3 Å². The highest BCUT2D eigenvalue weighted by Crippen LogP contribution is 2.32. The number of hydrogen-bond acceptors (Lipinski definition) is 6. The highest BCUT2D eigenvalue weighted by atomic mass is 16.5. The number of aryl methyl sites for hydroxylation is 1. The van der Waals surface area contributed by atoms with Gasteiger partial charge in [-0.25, -0.2) is 0 Å². The molecule has 0 spiro atoms. The van der Waals surface area contributed by atoms with Crippen LogP contribution in [0.15, 0.2) is 48.7 Å². The van der Waals surface area contributed by atoms with E-state index in [1.807, 2.05) is 69.4 Å². The van der Waals surface area contributed by atoms with Gasteiger partial charge < -0.3 is 9.47 Å². The lowest BCUT2D eigenvalue weighted by molar-refractivity contribution is 0.0772. The van der Waals surface area contributed by atoms with Gasteiger partial charge in [-0.2, -0.15) is 5.21 Å². The fraction of sp³-hybridized carbons (Fsp3) is 0.407. The summed E-state index contributed by atoms with van der Waals surface area (Å²) in [4.78, 5) is 12.9. The molecule has 0 aliphatic carbocycles. The molecule has 1 N–H and O–H groups in total. The van der Waals surface area contributed by atoms with Crippen molar-refractivity contribution in [3.8, 4) is 22.9 Å². The van der Waals surface area contributed by atoms with Crippen LogP contribution >= 0.6 is 0 Å². The third-order valence-corrected chi connectivity index (χ3v) is 5.82. The molecule has 184 valence electrons. The molecular formula is C27H33N5O3. The number of fused-ring (bicyclic) bond motifs is 1. The first-order valence-corrected chi connectivity index (χ1v) is 12.2. The normalized spacial score (nSPS) is 11.7. The van der Waals surface area contributed by atoms with Crippen molar-refractivity contribution in [2.45, 2.75) is 53.4 Å². The second kappa shape index (κ2) is 10.7. The van der Waals surface area contributed by atoms with Crippen molar-refractivity contribution >= 4 is 16.8 Å². The average molecular weight is 476 g/mol. The summed E-state index contributed by atoms with van der Waals surface area (Å²) in [5.41, 5.74) is 2.56. The lowest BCUT2D eigenvalue weighted by Crippen LogP contribution is -2.25. The summed E-state index contributed by atoms with van der Waals surface area (Å²) in [5.74, 6) is 2.36. The maximum atomic E-state index is 12.9. The Kier molecular flexibility index (Phi) is 7.48. The maximum Gasteiger partial charge on any atom is 0.236 e. The number of nitrogens with one attached hydrogen (secondary N) is 1. The number of carbonyl (C=O) groups excluding carboxylic acids is 1. The fourth-order valence-electron chi connectivity index (χ4n) is 4.00. The molecule has 8 heteroatoms. The molecule has 35 heavy (non-hydrogen) atoms. The van der Waals surface area contributed by atoms with Crippen LogP contribution in [0.2, 0.25) is 0 Å². The van der Waals surface area contributed by atoms with E-state index >= 15 is 0 Å². The lowest BCUT2D eigenvalue weighted by Gasteiger charge is -2.18. The van der Waals surface area contributed by atoms with Gasteiger partial charge in [0.1, 0.15) is 11.5 Å². The Hall–Kier alpha value is -3.68. The largest absolute Gasteiger partial charge is 0.494 e. The molecule has 4 aromatic rings. The van der Waals surface area contributed by atoms with Crippen LogP contribution in [0.25, 0.3) is 22.3 Å². The van der Waals surface area contributed by atoms with Gasteiger partial charge in [0.05, 0.1) is 18.7 Å². The molecule has 2 aromatic heterocycles. The molecule has 8 nitrogen and oxygen atoms in total. The quantitative estimate of drug-likeness (QED) is 0.296. The number of rotatable bonds is 10. The predicted octanol–water partition coefficient (Wildman–Crippen LogP) is 5.70. The molecule has 0 aliphatic rings. The number of aromatic nitrogens is 5. The van der Waals surface area contributed by atoms with E-state index < -0.39 is 5.41 Å². The molecule has 0 amide bonds. The number of tetrazole rings is 1. The SMILES string of the molecule is CCCc1c(OCCCCOc2ccc(-c3nn[nH]n3)cc2)ccc2c1ccn2C(=O)C(C)(C)C. The van der Waals surface area contributed by atoms with Crippen molar-refractivity contribution in [2.24, 2.45) is 5.41 Å². The van der Waals surface area contributed by atoms with Crippen LogP contribution in [0.5, 0.6) is 11.5 Å². The first-order valence-electron chi connectivity index (χ1n) is 12.2. The molecule has 0 saturated heterocycles. The molecule has 0 atom stereocenters.